The number of halogens is 4. The first-order valence-electron chi connectivity index (χ1n) is 6.64. The monoisotopic (exact) mass is 509 g/mol. The Morgan fingerprint density at radius 2 is 1.92 bits per heavy atom. The summed E-state index contributed by atoms with van der Waals surface area (Å²) in [7, 11) is 2.13. The summed E-state index contributed by atoms with van der Waals surface area (Å²) in [4.78, 5) is 23.0. The number of methoxy groups -OCH3 is 1. The average Bonchev–Trinajstić information content (AvgIpc) is 2.57. The van der Waals surface area contributed by atoms with Gasteiger partial charge in [-0.25, -0.2) is 13.6 Å². The predicted molar refractivity (Wildman–Crippen MR) is 103 cm³/mol. The summed E-state index contributed by atoms with van der Waals surface area (Å²) in [5.74, 6) is -0.343. The lowest BCUT2D eigenvalue weighted by Crippen LogP contribution is -2.08. The van der Waals surface area contributed by atoms with Crippen LogP contribution in [0.2, 0.25) is 5.02 Å². The van der Waals surface area contributed by atoms with E-state index in [1.807, 2.05) is 21.2 Å². The molecule has 26 heavy (non-hydrogen) atoms. The van der Waals surface area contributed by atoms with Crippen LogP contribution in [0.5, 0.6) is 0 Å². The van der Waals surface area contributed by atoms with Gasteiger partial charge >= 0.3 is 5.97 Å². The molecule has 0 unspecified atom stereocenters. The second-order valence-corrected chi connectivity index (χ2v) is 6.80. The van der Waals surface area contributed by atoms with Crippen LogP contribution in [0.15, 0.2) is 24.3 Å². The van der Waals surface area contributed by atoms with Gasteiger partial charge in [0, 0.05) is 27.3 Å². The molecule has 0 aliphatic heterocycles. The molecule has 0 saturated carbocycles. The van der Waals surface area contributed by atoms with Crippen LogP contribution >= 0.6 is 41.7 Å². The molecule has 0 aliphatic carbocycles. The third kappa shape index (κ3) is 4.25. The van der Waals surface area contributed by atoms with E-state index in [2.05, 4.69) is 15.9 Å². The molecule has 2 aromatic rings. The van der Waals surface area contributed by atoms with E-state index in [1.165, 1.54) is 0 Å². The van der Waals surface area contributed by atoms with Crippen LogP contribution in [-0.4, -0.2) is 18.0 Å². The lowest BCUT2D eigenvalue weighted by molar-refractivity contribution is -0.384. The van der Waals surface area contributed by atoms with E-state index in [-0.39, 0.29) is 27.3 Å². The number of esters is 1. The molecular formula is C16H7ClF2INO4S. The number of carbonyl (C=O) groups is 1. The molecule has 0 fully saturated rings. The number of benzene rings is 2. The highest BCUT2D eigenvalue weighted by Gasteiger charge is 2.30. The zero-order valence-corrected chi connectivity index (χ0v) is 16.5. The fourth-order valence-electron chi connectivity index (χ4n) is 2.27. The first-order valence-corrected chi connectivity index (χ1v) is 10.4. The molecule has 5 nitrogen and oxygen atoms in total. The number of carbonyl (C=O) groups excluding carboxylic acids is 1. The Bertz CT molecular complexity index is 955. The Kier molecular flexibility index (Phi) is 6.80. The maximum Gasteiger partial charge on any atom is 0.338 e. The van der Waals surface area contributed by atoms with Crippen molar-refractivity contribution in [2.75, 3.05) is 7.11 Å². The number of ether oxygens (including phenoxy) is 1. The maximum absolute atomic E-state index is 13.7. The van der Waals surface area contributed by atoms with Crippen molar-refractivity contribution in [2.45, 2.75) is 0 Å². The second-order valence-electron chi connectivity index (χ2n) is 4.72. The molecule has 0 saturated heterocycles. The summed E-state index contributed by atoms with van der Waals surface area (Å²) < 4.78 is 31.9. The first kappa shape index (κ1) is 20.4. The van der Waals surface area contributed by atoms with E-state index in [1.54, 1.807) is 0 Å². The van der Waals surface area contributed by atoms with Gasteiger partial charge in [0.2, 0.25) is 0 Å². The summed E-state index contributed by atoms with van der Waals surface area (Å²) in [6.45, 7) is 0. The van der Waals surface area contributed by atoms with Gasteiger partial charge in [0.25, 0.3) is 5.69 Å². The van der Waals surface area contributed by atoms with Crippen LogP contribution in [0.25, 0.3) is 11.1 Å². The third-order valence-electron chi connectivity index (χ3n) is 3.21. The van der Waals surface area contributed by atoms with Crippen molar-refractivity contribution in [3.63, 3.8) is 0 Å². The molecule has 0 spiro atoms. The Morgan fingerprint density at radius 3 is 2.42 bits per heavy atom. The van der Waals surface area contributed by atoms with Crippen molar-refractivity contribution in [2.24, 2.45) is 0 Å². The number of nitrogens with zero attached hydrogens (tertiary/aromatic N) is 1. The summed E-state index contributed by atoms with van der Waals surface area (Å²) in [6, 6.07) is 3.48. The smallest absolute Gasteiger partial charge is 0.338 e. The number of hydrogen-bond donors (Lipinski definition) is 0. The first-order chi connectivity index (χ1) is 12.3. The quantitative estimate of drug-likeness (QED) is 0.183. The topological polar surface area (TPSA) is 69.4 Å². The normalized spacial score (nSPS) is 10.0. The van der Waals surface area contributed by atoms with Crippen LogP contribution in [0.3, 0.4) is 0 Å². The van der Waals surface area contributed by atoms with E-state index in [0.717, 1.165) is 34.2 Å². The van der Waals surface area contributed by atoms with Crippen molar-refractivity contribution in [1.29, 1.82) is 0 Å². The molecule has 0 amide bonds. The van der Waals surface area contributed by atoms with Crippen molar-refractivity contribution >= 4 is 53.4 Å². The van der Waals surface area contributed by atoms with Gasteiger partial charge in [0.1, 0.15) is 17.2 Å². The summed E-state index contributed by atoms with van der Waals surface area (Å²) >= 11 is 7.93. The van der Waals surface area contributed by atoms with Crippen LogP contribution in [-0.2, 0) is 4.74 Å². The highest BCUT2D eigenvalue weighted by molar-refractivity contribution is 14.2. The summed E-state index contributed by atoms with van der Waals surface area (Å²) in [5.41, 5.74) is -1.65. The fourth-order valence-corrected chi connectivity index (χ4v) is 2.99. The van der Waals surface area contributed by atoms with Crippen LogP contribution in [0, 0.1) is 32.9 Å². The molecule has 2 rings (SSSR count). The fraction of sp³-hybridized carbons (Fsp3) is 0.0625. The standard InChI is InChI=1S/C16H7ClF2INO4S/c1-25-16(22)12-7-13(17)11(2-3-26-20)15(21(23)24)14(12)8-4-9(18)6-10(19)5-8/h4-7H,1H3. The average molecular weight is 510 g/mol. The number of nitro groups is 1. The number of hydrogen-bond acceptors (Lipinski definition) is 5. The van der Waals surface area contributed by atoms with Crippen molar-refractivity contribution in [3.8, 4) is 22.3 Å². The lowest BCUT2D eigenvalue weighted by Gasteiger charge is -2.12. The molecule has 0 heterocycles. The predicted octanol–water partition coefficient (Wildman–Crippen LogP) is 5.37. The Hall–Kier alpha value is -1.90. The van der Waals surface area contributed by atoms with Gasteiger partial charge in [0.05, 0.1) is 28.2 Å². The third-order valence-corrected chi connectivity index (χ3v) is 4.34. The molecule has 10 heteroatoms. The second kappa shape index (κ2) is 8.66. The van der Waals surface area contributed by atoms with Crippen molar-refractivity contribution in [3.05, 3.63) is 62.2 Å². The van der Waals surface area contributed by atoms with Gasteiger partial charge in [-0.3, -0.25) is 10.1 Å². The highest BCUT2D eigenvalue weighted by Crippen LogP contribution is 2.40. The largest absolute Gasteiger partial charge is 0.465 e. The van der Waals surface area contributed by atoms with Gasteiger partial charge in [-0.05, 0) is 43.9 Å². The van der Waals surface area contributed by atoms with E-state index in [0.29, 0.717) is 6.07 Å². The zero-order valence-electron chi connectivity index (χ0n) is 12.8. The molecule has 0 aromatic heterocycles. The molecular weight excluding hydrogens is 503 g/mol. The Balaban J connectivity index is 3.01. The zero-order chi connectivity index (χ0) is 19.4. The van der Waals surface area contributed by atoms with E-state index >= 15 is 0 Å². The molecule has 0 aliphatic rings. The molecule has 0 atom stereocenters. The number of rotatable bonds is 3. The van der Waals surface area contributed by atoms with Crippen molar-refractivity contribution in [1.82, 2.24) is 0 Å². The molecule has 2 aromatic carbocycles. The maximum atomic E-state index is 13.7. The molecule has 0 N–H and O–H groups in total. The lowest BCUT2D eigenvalue weighted by atomic mass is 9.94. The van der Waals surface area contributed by atoms with Crippen LogP contribution in [0.4, 0.5) is 14.5 Å². The molecule has 134 valence electrons. The SMILES string of the molecule is COC(=O)c1cc(Cl)c(C#CSI)c([N+](=O)[O-])c1-c1cc(F)cc(F)c1. The highest BCUT2D eigenvalue weighted by atomic mass is 127. The molecule has 0 bridgehead atoms. The van der Waals surface area contributed by atoms with Gasteiger partial charge in [0.15, 0.2) is 0 Å². The Labute approximate surface area is 167 Å². The summed E-state index contributed by atoms with van der Waals surface area (Å²) in [5, 5.41) is 14.1. The minimum atomic E-state index is -0.962. The van der Waals surface area contributed by atoms with Gasteiger partial charge in [-0.15, -0.1) is 0 Å². The van der Waals surface area contributed by atoms with Gasteiger partial charge < -0.3 is 4.74 Å². The van der Waals surface area contributed by atoms with Crippen LogP contribution in [0.1, 0.15) is 15.9 Å². The minimum Gasteiger partial charge on any atom is -0.465 e. The summed E-state index contributed by atoms with van der Waals surface area (Å²) in [6.07, 6.45) is 0. The Morgan fingerprint density at radius 1 is 1.31 bits per heavy atom. The van der Waals surface area contributed by atoms with E-state index < -0.39 is 28.2 Å². The van der Waals surface area contributed by atoms with E-state index in [9.17, 15) is 23.7 Å². The minimum absolute atomic E-state index is 0.157. The molecule has 0 radical (unpaired) electrons. The van der Waals surface area contributed by atoms with Crippen molar-refractivity contribution < 1.29 is 23.2 Å². The van der Waals surface area contributed by atoms with Gasteiger partial charge in [-0.2, -0.15) is 0 Å². The van der Waals surface area contributed by atoms with Crippen LogP contribution < -0.4 is 0 Å². The number of nitro benzene ring substituents is 1. The van der Waals surface area contributed by atoms with E-state index in [4.69, 9.17) is 11.6 Å². The van der Waals surface area contributed by atoms with Gasteiger partial charge in [-0.1, -0.05) is 11.6 Å².